The molecule has 0 saturated heterocycles. The van der Waals surface area contributed by atoms with Crippen LogP contribution in [0.2, 0.25) is 0 Å². The topological polar surface area (TPSA) is 30.5 Å². The summed E-state index contributed by atoms with van der Waals surface area (Å²) in [5.74, 6) is 0.939. The Morgan fingerprint density at radius 2 is 1.75 bits per heavy atom. The highest BCUT2D eigenvalue weighted by Gasteiger charge is 2.04. The fraction of sp³-hybridized carbons (Fsp3) is 0.647. The maximum absolute atomic E-state index is 5.53. The minimum Gasteiger partial charge on any atom is -0.494 e. The van der Waals surface area contributed by atoms with Gasteiger partial charge >= 0.3 is 0 Å². The van der Waals surface area contributed by atoms with Gasteiger partial charge in [0.15, 0.2) is 0 Å². The zero-order valence-corrected chi connectivity index (χ0v) is 13.3. The standard InChI is InChI=1S/C17H29NO2/c1-5-19-17-10-8-16(9-11-17)15(4)18-12-6-7-13-20-14(2)3/h8-11,14-15,18H,5-7,12-13H2,1-4H3. The number of ether oxygens (including phenoxy) is 2. The fourth-order valence-corrected chi connectivity index (χ4v) is 2.00. The molecule has 20 heavy (non-hydrogen) atoms. The van der Waals surface area contributed by atoms with Crippen molar-refractivity contribution in [3.8, 4) is 5.75 Å². The minimum atomic E-state index is 0.339. The van der Waals surface area contributed by atoms with E-state index in [0.717, 1.165) is 31.7 Å². The molecule has 0 aromatic heterocycles. The predicted molar refractivity (Wildman–Crippen MR) is 84.4 cm³/mol. The fourth-order valence-electron chi connectivity index (χ4n) is 2.00. The zero-order chi connectivity index (χ0) is 14.8. The van der Waals surface area contributed by atoms with E-state index in [1.807, 2.05) is 19.1 Å². The largest absolute Gasteiger partial charge is 0.494 e. The van der Waals surface area contributed by atoms with Gasteiger partial charge in [0, 0.05) is 12.6 Å². The van der Waals surface area contributed by atoms with Crippen molar-refractivity contribution < 1.29 is 9.47 Å². The third kappa shape index (κ3) is 6.92. The van der Waals surface area contributed by atoms with Crippen LogP contribution in [0, 0.1) is 0 Å². The molecule has 0 bridgehead atoms. The van der Waals surface area contributed by atoms with Gasteiger partial charge in [-0.3, -0.25) is 0 Å². The summed E-state index contributed by atoms with van der Waals surface area (Å²) in [4.78, 5) is 0. The molecule has 0 radical (unpaired) electrons. The number of hydrogen-bond donors (Lipinski definition) is 1. The van der Waals surface area contributed by atoms with Crippen LogP contribution in [0.4, 0.5) is 0 Å². The van der Waals surface area contributed by atoms with Crippen LogP contribution in [0.3, 0.4) is 0 Å². The van der Waals surface area contributed by atoms with Crippen molar-refractivity contribution in [2.75, 3.05) is 19.8 Å². The molecule has 0 spiro atoms. The molecule has 0 fully saturated rings. The molecule has 0 amide bonds. The Morgan fingerprint density at radius 1 is 1.05 bits per heavy atom. The quantitative estimate of drug-likeness (QED) is 0.658. The van der Waals surface area contributed by atoms with Gasteiger partial charge < -0.3 is 14.8 Å². The molecule has 1 rings (SSSR count). The number of hydrogen-bond acceptors (Lipinski definition) is 3. The summed E-state index contributed by atoms with van der Waals surface area (Å²) in [5, 5.41) is 3.54. The molecule has 0 aliphatic rings. The Hall–Kier alpha value is -1.06. The first kappa shape index (κ1) is 17.0. The van der Waals surface area contributed by atoms with E-state index >= 15 is 0 Å². The van der Waals surface area contributed by atoms with Gasteiger partial charge in [0.05, 0.1) is 12.7 Å². The van der Waals surface area contributed by atoms with Gasteiger partial charge in [-0.25, -0.2) is 0 Å². The van der Waals surface area contributed by atoms with Gasteiger partial charge in [-0.2, -0.15) is 0 Å². The van der Waals surface area contributed by atoms with Crippen molar-refractivity contribution in [3.63, 3.8) is 0 Å². The van der Waals surface area contributed by atoms with Crippen LogP contribution >= 0.6 is 0 Å². The van der Waals surface area contributed by atoms with Crippen molar-refractivity contribution in [1.82, 2.24) is 5.32 Å². The smallest absolute Gasteiger partial charge is 0.119 e. The second kappa shape index (κ2) is 9.78. The van der Waals surface area contributed by atoms with Crippen LogP contribution in [-0.2, 0) is 4.74 Å². The lowest BCUT2D eigenvalue weighted by atomic mass is 10.1. The van der Waals surface area contributed by atoms with E-state index < -0.39 is 0 Å². The van der Waals surface area contributed by atoms with Crippen LogP contribution in [0.25, 0.3) is 0 Å². The van der Waals surface area contributed by atoms with E-state index in [2.05, 4.69) is 38.2 Å². The van der Waals surface area contributed by atoms with Crippen molar-refractivity contribution >= 4 is 0 Å². The van der Waals surface area contributed by atoms with Crippen LogP contribution in [-0.4, -0.2) is 25.9 Å². The number of nitrogens with one attached hydrogen (secondary N) is 1. The Labute approximate surface area is 123 Å². The van der Waals surface area contributed by atoms with E-state index in [4.69, 9.17) is 9.47 Å². The lowest BCUT2D eigenvalue weighted by Gasteiger charge is -2.15. The monoisotopic (exact) mass is 279 g/mol. The third-order valence-electron chi connectivity index (χ3n) is 3.16. The van der Waals surface area contributed by atoms with E-state index in [1.54, 1.807) is 0 Å². The summed E-state index contributed by atoms with van der Waals surface area (Å²) < 4.78 is 11.0. The molecular weight excluding hydrogens is 250 g/mol. The van der Waals surface area contributed by atoms with Crippen LogP contribution in [0.15, 0.2) is 24.3 Å². The zero-order valence-electron chi connectivity index (χ0n) is 13.3. The van der Waals surface area contributed by atoms with Gasteiger partial charge in [-0.1, -0.05) is 12.1 Å². The molecule has 1 aromatic rings. The highest BCUT2D eigenvalue weighted by Crippen LogP contribution is 2.17. The van der Waals surface area contributed by atoms with Crippen LogP contribution in [0.5, 0.6) is 5.75 Å². The van der Waals surface area contributed by atoms with E-state index in [0.29, 0.717) is 18.8 Å². The SMILES string of the molecule is CCOc1ccc(C(C)NCCCCOC(C)C)cc1. The molecule has 1 atom stereocenters. The Bertz CT molecular complexity index is 349. The second-order valence-electron chi connectivity index (χ2n) is 5.30. The van der Waals surface area contributed by atoms with Crippen molar-refractivity contribution in [2.24, 2.45) is 0 Å². The first-order chi connectivity index (χ1) is 9.63. The molecule has 0 saturated carbocycles. The normalized spacial score (nSPS) is 12.7. The molecule has 114 valence electrons. The number of benzene rings is 1. The summed E-state index contributed by atoms with van der Waals surface area (Å²) in [6.45, 7) is 10.9. The summed E-state index contributed by atoms with van der Waals surface area (Å²) >= 11 is 0. The lowest BCUT2D eigenvalue weighted by molar-refractivity contribution is 0.0759. The molecule has 1 unspecified atom stereocenters. The highest BCUT2D eigenvalue weighted by molar-refractivity contribution is 5.28. The Kier molecular flexibility index (Phi) is 8.31. The van der Waals surface area contributed by atoms with E-state index in [-0.39, 0.29) is 0 Å². The molecule has 3 nitrogen and oxygen atoms in total. The molecule has 3 heteroatoms. The Balaban J connectivity index is 2.20. The van der Waals surface area contributed by atoms with E-state index in [1.165, 1.54) is 5.56 Å². The number of rotatable bonds is 10. The third-order valence-corrected chi connectivity index (χ3v) is 3.16. The van der Waals surface area contributed by atoms with Crippen LogP contribution < -0.4 is 10.1 Å². The van der Waals surface area contributed by atoms with Crippen molar-refractivity contribution in [2.45, 2.75) is 52.7 Å². The Morgan fingerprint density at radius 3 is 2.35 bits per heavy atom. The van der Waals surface area contributed by atoms with Gasteiger partial charge in [-0.05, 0) is 64.8 Å². The average Bonchev–Trinajstić information content (AvgIpc) is 2.43. The van der Waals surface area contributed by atoms with Gasteiger partial charge in [0.1, 0.15) is 5.75 Å². The summed E-state index contributed by atoms with van der Waals surface area (Å²) in [5.41, 5.74) is 1.30. The van der Waals surface area contributed by atoms with E-state index in [9.17, 15) is 0 Å². The van der Waals surface area contributed by atoms with Gasteiger partial charge in [0.2, 0.25) is 0 Å². The number of unbranched alkanes of at least 4 members (excludes halogenated alkanes) is 1. The first-order valence-corrected chi connectivity index (χ1v) is 7.71. The molecule has 0 aliphatic heterocycles. The molecule has 1 aromatic carbocycles. The summed E-state index contributed by atoms with van der Waals surface area (Å²) in [6.07, 6.45) is 2.60. The van der Waals surface area contributed by atoms with Gasteiger partial charge in [0.25, 0.3) is 0 Å². The first-order valence-electron chi connectivity index (χ1n) is 7.71. The van der Waals surface area contributed by atoms with Crippen LogP contribution in [0.1, 0.15) is 52.1 Å². The second-order valence-corrected chi connectivity index (χ2v) is 5.30. The maximum atomic E-state index is 5.53. The highest BCUT2D eigenvalue weighted by atomic mass is 16.5. The molecule has 0 heterocycles. The van der Waals surface area contributed by atoms with Gasteiger partial charge in [-0.15, -0.1) is 0 Å². The maximum Gasteiger partial charge on any atom is 0.119 e. The lowest BCUT2D eigenvalue weighted by Crippen LogP contribution is -2.20. The van der Waals surface area contributed by atoms with Crippen molar-refractivity contribution in [1.29, 1.82) is 0 Å². The predicted octanol–water partition coefficient (Wildman–Crippen LogP) is 3.94. The molecular formula is C17H29NO2. The summed E-state index contributed by atoms with van der Waals surface area (Å²) in [6, 6.07) is 8.70. The van der Waals surface area contributed by atoms with Crippen molar-refractivity contribution in [3.05, 3.63) is 29.8 Å². The average molecular weight is 279 g/mol. The molecule has 0 aliphatic carbocycles. The molecule has 1 N–H and O–H groups in total. The summed E-state index contributed by atoms with van der Waals surface area (Å²) in [7, 11) is 0. The minimum absolute atomic E-state index is 0.339.